The first kappa shape index (κ1) is 11.3. The zero-order valence-electron chi connectivity index (χ0n) is 10.7. The molecule has 1 heterocycles. The molecule has 0 aromatic heterocycles. The van der Waals surface area contributed by atoms with E-state index in [-0.39, 0.29) is 5.54 Å². The predicted octanol–water partition coefficient (Wildman–Crippen LogP) is 3.38. The van der Waals surface area contributed by atoms with Gasteiger partial charge in [0.05, 0.1) is 12.3 Å². The Bertz CT molecular complexity index is 379. The molecule has 0 N–H and O–H groups in total. The van der Waals surface area contributed by atoms with E-state index < -0.39 is 0 Å². The molecule has 2 rings (SSSR count). The molecule has 0 atom stereocenters. The summed E-state index contributed by atoms with van der Waals surface area (Å²) in [5.41, 5.74) is 2.64. The average molecular weight is 219 g/mol. The van der Waals surface area contributed by atoms with Gasteiger partial charge in [-0.3, -0.25) is 0 Å². The fraction of sp³-hybridized carbons (Fsp3) is 0.571. The lowest BCUT2D eigenvalue weighted by Crippen LogP contribution is -2.41. The lowest BCUT2D eigenvalue weighted by Gasteiger charge is -2.37. The van der Waals surface area contributed by atoms with Crippen molar-refractivity contribution in [2.75, 3.05) is 18.1 Å². The minimum absolute atomic E-state index is 0.151. The highest BCUT2D eigenvalue weighted by Gasteiger charge is 2.25. The Morgan fingerprint density at radius 2 is 2.00 bits per heavy atom. The van der Waals surface area contributed by atoms with Crippen molar-refractivity contribution in [1.82, 2.24) is 0 Å². The molecule has 1 aliphatic rings. The lowest BCUT2D eigenvalue weighted by molar-refractivity contribution is 0.321. The molecule has 0 amide bonds. The lowest BCUT2D eigenvalue weighted by atomic mass is 10.0. The van der Waals surface area contributed by atoms with Crippen LogP contribution in [0.1, 0.15) is 32.8 Å². The molecule has 0 unspecified atom stereocenters. The van der Waals surface area contributed by atoms with E-state index in [2.05, 4.69) is 50.8 Å². The molecular formula is C14H21NO. The Morgan fingerprint density at radius 1 is 1.25 bits per heavy atom. The fourth-order valence-corrected chi connectivity index (χ4v) is 2.18. The van der Waals surface area contributed by atoms with Crippen molar-refractivity contribution in [2.45, 2.75) is 39.7 Å². The number of hydrogen-bond acceptors (Lipinski definition) is 2. The molecule has 0 radical (unpaired) electrons. The van der Waals surface area contributed by atoms with Crippen molar-refractivity contribution >= 4 is 5.69 Å². The van der Waals surface area contributed by atoms with Crippen LogP contribution in [0.2, 0.25) is 0 Å². The predicted molar refractivity (Wildman–Crippen MR) is 68.4 cm³/mol. The number of rotatable bonds is 0. The second-order valence-electron chi connectivity index (χ2n) is 5.50. The van der Waals surface area contributed by atoms with E-state index in [1.54, 1.807) is 0 Å². The van der Waals surface area contributed by atoms with Gasteiger partial charge in [-0.15, -0.1) is 0 Å². The van der Waals surface area contributed by atoms with Crippen molar-refractivity contribution in [3.63, 3.8) is 0 Å². The number of benzene rings is 1. The smallest absolute Gasteiger partial charge is 0.142 e. The van der Waals surface area contributed by atoms with Gasteiger partial charge in [0.25, 0.3) is 0 Å². The quantitative estimate of drug-likeness (QED) is 0.663. The SMILES string of the molecule is Cc1ccc2c(c1)OCCCN2C(C)(C)C. The highest BCUT2D eigenvalue weighted by molar-refractivity contribution is 5.61. The highest BCUT2D eigenvalue weighted by atomic mass is 16.5. The summed E-state index contributed by atoms with van der Waals surface area (Å²) < 4.78 is 5.81. The van der Waals surface area contributed by atoms with Crippen LogP contribution in [-0.4, -0.2) is 18.7 Å². The summed E-state index contributed by atoms with van der Waals surface area (Å²) >= 11 is 0. The summed E-state index contributed by atoms with van der Waals surface area (Å²) in [5.74, 6) is 1.03. The van der Waals surface area contributed by atoms with E-state index in [0.29, 0.717) is 0 Å². The first-order valence-electron chi connectivity index (χ1n) is 5.99. The van der Waals surface area contributed by atoms with Crippen LogP contribution in [0.5, 0.6) is 5.75 Å². The van der Waals surface area contributed by atoms with Gasteiger partial charge >= 0.3 is 0 Å². The summed E-state index contributed by atoms with van der Waals surface area (Å²) in [6.45, 7) is 10.8. The van der Waals surface area contributed by atoms with E-state index in [9.17, 15) is 0 Å². The Hall–Kier alpha value is -1.18. The highest BCUT2D eigenvalue weighted by Crippen LogP contribution is 2.35. The molecule has 0 saturated heterocycles. The van der Waals surface area contributed by atoms with Crippen molar-refractivity contribution in [2.24, 2.45) is 0 Å². The largest absolute Gasteiger partial charge is 0.491 e. The first-order valence-corrected chi connectivity index (χ1v) is 5.99. The third kappa shape index (κ3) is 2.16. The van der Waals surface area contributed by atoms with Crippen molar-refractivity contribution in [1.29, 1.82) is 0 Å². The summed E-state index contributed by atoms with van der Waals surface area (Å²) in [4.78, 5) is 2.44. The second kappa shape index (κ2) is 4.00. The van der Waals surface area contributed by atoms with Crippen LogP contribution in [0.15, 0.2) is 18.2 Å². The van der Waals surface area contributed by atoms with Crippen molar-refractivity contribution in [3.8, 4) is 5.75 Å². The normalized spacial score (nSPS) is 16.4. The standard InChI is InChI=1S/C14H21NO/c1-11-6-7-12-13(10-11)16-9-5-8-15(12)14(2,3)4/h6-7,10H,5,8-9H2,1-4H3. The van der Waals surface area contributed by atoms with Gasteiger partial charge in [-0.2, -0.15) is 0 Å². The number of fused-ring (bicyclic) bond motifs is 1. The zero-order chi connectivity index (χ0) is 11.8. The summed E-state index contributed by atoms with van der Waals surface area (Å²) in [5, 5.41) is 0. The molecule has 0 bridgehead atoms. The van der Waals surface area contributed by atoms with E-state index in [1.807, 2.05) is 0 Å². The third-order valence-electron chi connectivity index (χ3n) is 3.00. The van der Waals surface area contributed by atoms with Gasteiger partial charge in [0.15, 0.2) is 0 Å². The van der Waals surface area contributed by atoms with E-state index in [1.165, 1.54) is 11.3 Å². The molecule has 1 aliphatic heterocycles. The Labute approximate surface area is 98.2 Å². The van der Waals surface area contributed by atoms with Crippen LogP contribution in [0.3, 0.4) is 0 Å². The monoisotopic (exact) mass is 219 g/mol. The minimum Gasteiger partial charge on any atom is -0.491 e. The summed E-state index contributed by atoms with van der Waals surface area (Å²) in [7, 11) is 0. The van der Waals surface area contributed by atoms with E-state index >= 15 is 0 Å². The molecule has 2 heteroatoms. The maximum atomic E-state index is 5.81. The van der Waals surface area contributed by atoms with Crippen LogP contribution in [0.4, 0.5) is 5.69 Å². The Balaban J connectivity index is 2.45. The average Bonchev–Trinajstić information content (AvgIpc) is 2.38. The Morgan fingerprint density at radius 3 is 2.69 bits per heavy atom. The van der Waals surface area contributed by atoms with Gasteiger partial charge in [-0.05, 0) is 51.8 Å². The van der Waals surface area contributed by atoms with E-state index in [4.69, 9.17) is 4.74 Å². The number of ether oxygens (including phenoxy) is 1. The van der Waals surface area contributed by atoms with Gasteiger partial charge < -0.3 is 9.64 Å². The fourth-order valence-electron chi connectivity index (χ4n) is 2.18. The zero-order valence-corrected chi connectivity index (χ0v) is 10.7. The number of anilines is 1. The molecule has 2 nitrogen and oxygen atoms in total. The van der Waals surface area contributed by atoms with Gasteiger partial charge in [-0.25, -0.2) is 0 Å². The molecule has 88 valence electrons. The van der Waals surface area contributed by atoms with Crippen LogP contribution in [0.25, 0.3) is 0 Å². The van der Waals surface area contributed by atoms with Gasteiger partial charge in [0, 0.05) is 12.1 Å². The number of aryl methyl sites for hydroxylation is 1. The van der Waals surface area contributed by atoms with Crippen LogP contribution >= 0.6 is 0 Å². The third-order valence-corrected chi connectivity index (χ3v) is 3.00. The molecule has 0 saturated carbocycles. The first-order chi connectivity index (χ1) is 7.48. The number of hydrogen-bond donors (Lipinski definition) is 0. The maximum Gasteiger partial charge on any atom is 0.142 e. The molecule has 1 aromatic carbocycles. The topological polar surface area (TPSA) is 12.5 Å². The summed E-state index contributed by atoms with van der Waals surface area (Å²) in [6, 6.07) is 6.48. The number of nitrogens with zero attached hydrogens (tertiary/aromatic N) is 1. The van der Waals surface area contributed by atoms with Crippen LogP contribution in [0, 0.1) is 6.92 Å². The summed E-state index contributed by atoms with van der Waals surface area (Å²) in [6.07, 6.45) is 1.09. The molecule has 1 aromatic rings. The minimum atomic E-state index is 0.151. The van der Waals surface area contributed by atoms with Crippen LogP contribution in [-0.2, 0) is 0 Å². The van der Waals surface area contributed by atoms with Gasteiger partial charge in [-0.1, -0.05) is 6.07 Å². The molecule has 0 fully saturated rings. The van der Waals surface area contributed by atoms with Gasteiger partial charge in [0.1, 0.15) is 5.75 Å². The molecule has 16 heavy (non-hydrogen) atoms. The van der Waals surface area contributed by atoms with E-state index in [0.717, 1.165) is 25.3 Å². The van der Waals surface area contributed by atoms with Crippen molar-refractivity contribution < 1.29 is 4.74 Å². The molecule has 0 aliphatic carbocycles. The molecule has 0 spiro atoms. The van der Waals surface area contributed by atoms with Gasteiger partial charge in [0.2, 0.25) is 0 Å². The molecular weight excluding hydrogens is 198 g/mol. The van der Waals surface area contributed by atoms with Crippen molar-refractivity contribution in [3.05, 3.63) is 23.8 Å². The van der Waals surface area contributed by atoms with Crippen LogP contribution < -0.4 is 9.64 Å². The maximum absolute atomic E-state index is 5.81. The second-order valence-corrected chi connectivity index (χ2v) is 5.50. The Kier molecular flexibility index (Phi) is 2.83.